The van der Waals surface area contributed by atoms with E-state index in [1.54, 1.807) is 29.2 Å². The van der Waals surface area contributed by atoms with Gasteiger partial charge in [0.2, 0.25) is 5.91 Å². The van der Waals surface area contributed by atoms with Crippen molar-refractivity contribution in [2.45, 2.75) is 25.3 Å². The molecule has 2 aliphatic heterocycles. The smallest absolute Gasteiger partial charge is 0.322 e. The van der Waals surface area contributed by atoms with Gasteiger partial charge >= 0.3 is 6.03 Å². The Morgan fingerprint density at radius 3 is 2.25 bits per heavy atom. The van der Waals surface area contributed by atoms with Crippen molar-refractivity contribution in [3.05, 3.63) is 29.8 Å². The van der Waals surface area contributed by atoms with Crippen LogP contribution < -0.4 is 16.0 Å². The molecule has 0 saturated carbocycles. The molecule has 3 rings (SSSR count). The maximum Gasteiger partial charge on any atom is 0.322 e. The molecule has 1 aromatic carbocycles. The standard InChI is InChI=1S/C16H18N4O4/c1-10(21)17-12-4-2-11(3-5-12)13(22)20-8-6-16(7-9-20)14(23)18-15(24)19-16/h2-5H,6-9H2,1H3,(H,17,21)(H2,18,19,23,24). The minimum Gasteiger partial charge on any atom is -0.338 e. The van der Waals surface area contributed by atoms with Crippen molar-refractivity contribution in [3.8, 4) is 0 Å². The van der Waals surface area contributed by atoms with E-state index in [0.29, 0.717) is 37.2 Å². The van der Waals surface area contributed by atoms with E-state index in [4.69, 9.17) is 0 Å². The normalized spacial score (nSPS) is 19.0. The number of hydrogen-bond donors (Lipinski definition) is 3. The number of nitrogens with one attached hydrogen (secondary N) is 3. The summed E-state index contributed by atoms with van der Waals surface area (Å²) < 4.78 is 0. The molecule has 3 N–H and O–H groups in total. The number of anilines is 1. The largest absolute Gasteiger partial charge is 0.338 e. The molecule has 5 amide bonds. The van der Waals surface area contributed by atoms with E-state index in [0.717, 1.165) is 0 Å². The first-order chi connectivity index (χ1) is 11.4. The Labute approximate surface area is 138 Å². The lowest BCUT2D eigenvalue weighted by atomic mass is 9.87. The van der Waals surface area contributed by atoms with Gasteiger partial charge in [-0.15, -0.1) is 0 Å². The van der Waals surface area contributed by atoms with Crippen LogP contribution in [-0.4, -0.2) is 47.3 Å². The van der Waals surface area contributed by atoms with Gasteiger partial charge < -0.3 is 15.5 Å². The number of rotatable bonds is 2. The molecule has 0 aliphatic carbocycles. The number of imide groups is 1. The number of likely N-dealkylation sites (tertiary alicyclic amines) is 1. The number of piperidine rings is 1. The van der Waals surface area contributed by atoms with Gasteiger partial charge in [0.05, 0.1) is 0 Å². The van der Waals surface area contributed by atoms with Crippen molar-refractivity contribution in [3.63, 3.8) is 0 Å². The third kappa shape index (κ3) is 2.94. The maximum atomic E-state index is 12.5. The molecule has 8 nitrogen and oxygen atoms in total. The summed E-state index contributed by atoms with van der Waals surface area (Å²) in [6, 6.07) is 6.17. The molecule has 2 aliphatic rings. The van der Waals surface area contributed by atoms with Gasteiger partial charge in [-0.1, -0.05) is 0 Å². The lowest BCUT2D eigenvalue weighted by molar-refractivity contribution is -0.125. The van der Waals surface area contributed by atoms with Crippen LogP contribution in [-0.2, 0) is 9.59 Å². The molecule has 1 spiro atoms. The van der Waals surface area contributed by atoms with Crippen molar-refractivity contribution in [1.82, 2.24) is 15.5 Å². The van der Waals surface area contributed by atoms with Crippen LogP contribution in [0.1, 0.15) is 30.1 Å². The van der Waals surface area contributed by atoms with Gasteiger partial charge in [0.25, 0.3) is 11.8 Å². The molecule has 2 heterocycles. The van der Waals surface area contributed by atoms with E-state index in [1.165, 1.54) is 6.92 Å². The topological polar surface area (TPSA) is 108 Å². The van der Waals surface area contributed by atoms with Crippen molar-refractivity contribution in [2.24, 2.45) is 0 Å². The van der Waals surface area contributed by atoms with Gasteiger partial charge in [-0.3, -0.25) is 19.7 Å². The summed E-state index contributed by atoms with van der Waals surface area (Å²) in [5, 5.41) is 7.56. The second-order valence-corrected chi connectivity index (χ2v) is 6.04. The number of carbonyl (C=O) groups excluding carboxylic acids is 4. The molecule has 0 radical (unpaired) electrons. The summed E-state index contributed by atoms with van der Waals surface area (Å²) in [6.45, 7) is 2.19. The minimum atomic E-state index is -0.886. The van der Waals surface area contributed by atoms with Gasteiger partial charge in [0.15, 0.2) is 0 Å². The molecular formula is C16H18N4O4. The van der Waals surface area contributed by atoms with Gasteiger partial charge in [0, 0.05) is 31.3 Å². The zero-order chi connectivity index (χ0) is 17.3. The number of carbonyl (C=O) groups is 4. The van der Waals surface area contributed by atoms with Crippen molar-refractivity contribution in [2.75, 3.05) is 18.4 Å². The van der Waals surface area contributed by atoms with Gasteiger partial charge in [-0.05, 0) is 37.1 Å². The molecule has 2 fully saturated rings. The third-order valence-electron chi connectivity index (χ3n) is 4.37. The van der Waals surface area contributed by atoms with E-state index in [9.17, 15) is 19.2 Å². The third-order valence-corrected chi connectivity index (χ3v) is 4.37. The van der Waals surface area contributed by atoms with Crippen molar-refractivity contribution >= 4 is 29.4 Å². The van der Waals surface area contributed by atoms with Crippen molar-refractivity contribution in [1.29, 1.82) is 0 Å². The molecule has 0 atom stereocenters. The van der Waals surface area contributed by atoms with E-state index in [1.807, 2.05) is 0 Å². The first-order valence-electron chi connectivity index (χ1n) is 7.70. The second-order valence-electron chi connectivity index (χ2n) is 6.04. The monoisotopic (exact) mass is 330 g/mol. The Balaban J connectivity index is 1.64. The number of benzene rings is 1. The first-order valence-corrected chi connectivity index (χ1v) is 7.70. The fraction of sp³-hybridized carbons (Fsp3) is 0.375. The predicted molar refractivity (Wildman–Crippen MR) is 85.3 cm³/mol. The maximum absolute atomic E-state index is 12.5. The molecular weight excluding hydrogens is 312 g/mol. The summed E-state index contributed by atoms with van der Waals surface area (Å²) in [4.78, 5) is 48.4. The van der Waals surface area contributed by atoms with Crippen molar-refractivity contribution < 1.29 is 19.2 Å². The zero-order valence-electron chi connectivity index (χ0n) is 13.2. The van der Waals surface area contributed by atoms with E-state index >= 15 is 0 Å². The Bertz CT molecular complexity index is 705. The van der Waals surface area contributed by atoms with E-state index < -0.39 is 11.6 Å². The summed E-state index contributed by atoms with van der Waals surface area (Å²) in [6.07, 6.45) is 0.778. The Kier molecular flexibility index (Phi) is 3.96. The quantitative estimate of drug-likeness (QED) is 0.685. The van der Waals surface area contributed by atoms with Crippen LogP contribution in [0.5, 0.6) is 0 Å². The van der Waals surface area contributed by atoms with Crippen LogP contribution in [0.2, 0.25) is 0 Å². The minimum absolute atomic E-state index is 0.135. The lowest BCUT2D eigenvalue weighted by Crippen LogP contribution is -2.55. The summed E-state index contributed by atoms with van der Waals surface area (Å²) in [7, 11) is 0. The number of nitrogens with zero attached hydrogens (tertiary/aromatic N) is 1. The number of amides is 5. The van der Waals surface area contributed by atoms with Crippen LogP contribution in [0.15, 0.2) is 24.3 Å². The second kappa shape index (κ2) is 5.95. The molecule has 0 bridgehead atoms. The zero-order valence-corrected chi connectivity index (χ0v) is 13.2. The highest BCUT2D eigenvalue weighted by atomic mass is 16.2. The molecule has 2 saturated heterocycles. The summed E-state index contributed by atoms with van der Waals surface area (Å²) in [5.41, 5.74) is 0.255. The molecule has 0 unspecified atom stereocenters. The van der Waals surface area contributed by atoms with Crippen LogP contribution in [0.4, 0.5) is 10.5 Å². The van der Waals surface area contributed by atoms with Crippen LogP contribution >= 0.6 is 0 Å². The highest BCUT2D eigenvalue weighted by molar-refractivity contribution is 6.07. The molecule has 24 heavy (non-hydrogen) atoms. The fourth-order valence-electron chi connectivity index (χ4n) is 3.05. The lowest BCUT2D eigenvalue weighted by Gasteiger charge is -2.37. The molecule has 0 aromatic heterocycles. The predicted octanol–water partition coefficient (Wildman–Crippen LogP) is 0.459. The summed E-state index contributed by atoms with van der Waals surface area (Å²) in [5.74, 6) is -0.629. The van der Waals surface area contributed by atoms with Crippen LogP contribution in [0.25, 0.3) is 0 Å². The van der Waals surface area contributed by atoms with Gasteiger partial charge in [-0.25, -0.2) is 4.79 Å². The highest BCUT2D eigenvalue weighted by Gasteiger charge is 2.48. The average Bonchev–Trinajstić information content (AvgIpc) is 2.81. The summed E-state index contributed by atoms with van der Waals surface area (Å²) >= 11 is 0. The molecule has 1 aromatic rings. The number of urea groups is 1. The van der Waals surface area contributed by atoms with Gasteiger partial charge in [0.1, 0.15) is 5.54 Å². The molecule has 126 valence electrons. The first kappa shape index (κ1) is 16.0. The fourth-order valence-corrected chi connectivity index (χ4v) is 3.05. The van der Waals surface area contributed by atoms with Crippen LogP contribution in [0, 0.1) is 0 Å². The Morgan fingerprint density at radius 2 is 1.75 bits per heavy atom. The van der Waals surface area contributed by atoms with E-state index in [-0.39, 0.29) is 17.7 Å². The Hall–Kier alpha value is -2.90. The average molecular weight is 330 g/mol. The SMILES string of the molecule is CC(=O)Nc1ccc(C(=O)N2CCC3(CC2)NC(=O)NC3=O)cc1. The number of hydrogen-bond acceptors (Lipinski definition) is 4. The molecule has 8 heteroatoms. The Morgan fingerprint density at radius 1 is 1.12 bits per heavy atom. The van der Waals surface area contributed by atoms with Crippen LogP contribution in [0.3, 0.4) is 0 Å². The van der Waals surface area contributed by atoms with E-state index in [2.05, 4.69) is 16.0 Å². The van der Waals surface area contributed by atoms with Gasteiger partial charge in [-0.2, -0.15) is 0 Å². The highest BCUT2D eigenvalue weighted by Crippen LogP contribution is 2.26.